The molecular formula is C6H13N3O5S. The molecule has 0 aliphatic heterocycles. The van der Waals surface area contributed by atoms with Gasteiger partial charge in [0.1, 0.15) is 6.54 Å². The molecule has 0 aliphatic rings. The normalized spacial score (nSPS) is 11.6. The number of carboxylic acids is 1. The number of amides is 1. The molecule has 1 amide bonds. The lowest BCUT2D eigenvalue weighted by atomic mass is 10.5. The number of hydrogen-bond donors (Lipinski definition) is 3. The van der Waals surface area contributed by atoms with E-state index in [0.29, 0.717) is 4.31 Å². The van der Waals surface area contributed by atoms with Gasteiger partial charge in [0.2, 0.25) is 5.91 Å². The number of aliphatic carboxylic acids is 1. The summed E-state index contributed by atoms with van der Waals surface area (Å²) in [7, 11) is -3.96. The van der Waals surface area contributed by atoms with Gasteiger partial charge in [-0.15, -0.1) is 0 Å². The second kappa shape index (κ2) is 5.63. The van der Waals surface area contributed by atoms with Gasteiger partial charge in [0.05, 0.1) is 6.54 Å². The Hall–Kier alpha value is -1.19. The quantitative estimate of drug-likeness (QED) is 0.460. The van der Waals surface area contributed by atoms with Crippen molar-refractivity contribution in [3.8, 4) is 0 Å². The Bertz CT molecular complexity index is 323. The summed E-state index contributed by atoms with van der Waals surface area (Å²) in [6, 6.07) is 0. The molecular weight excluding hydrogens is 226 g/mol. The predicted octanol–water partition coefficient (Wildman–Crippen LogP) is -2.29. The first-order chi connectivity index (χ1) is 6.79. The zero-order valence-corrected chi connectivity index (χ0v) is 8.95. The molecule has 4 N–H and O–H groups in total. The second-order valence-electron chi connectivity index (χ2n) is 2.63. The van der Waals surface area contributed by atoms with Crippen molar-refractivity contribution in [2.45, 2.75) is 6.92 Å². The number of rotatable bonds is 7. The van der Waals surface area contributed by atoms with Gasteiger partial charge in [-0.3, -0.25) is 9.59 Å². The number of nitrogens with two attached hydrogens (primary N) is 1. The number of nitrogens with one attached hydrogen (secondary N) is 1. The molecule has 0 aliphatic carbocycles. The standard InChI is InChI=1S/C6H13N3O5S/c1-2-8-15(13,14)9(3-5(7)10)4-6(11)12/h8H,2-4H2,1H3,(H2,7,10)(H,11,12). The molecule has 0 radical (unpaired) electrons. The van der Waals surface area contributed by atoms with E-state index in [2.05, 4.69) is 4.72 Å². The third-order valence-corrected chi connectivity index (χ3v) is 2.90. The summed E-state index contributed by atoms with van der Waals surface area (Å²) >= 11 is 0. The third kappa shape index (κ3) is 5.30. The highest BCUT2D eigenvalue weighted by molar-refractivity contribution is 7.87. The first-order valence-electron chi connectivity index (χ1n) is 4.04. The number of carbonyl (C=O) groups is 2. The van der Waals surface area contributed by atoms with Gasteiger partial charge in [-0.25, -0.2) is 4.72 Å². The number of carboxylic acid groups (broad SMARTS) is 1. The zero-order valence-electron chi connectivity index (χ0n) is 8.13. The van der Waals surface area contributed by atoms with Crippen LogP contribution in [0.4, 0.5) is 0 Å². The third-order valence-electron chi connectivity index (χ3n) is 1.31. The molecule has 8 nitrogen and oxygen atoms in total. The Balaban J connectivity index is 4.76. The van der Waals surface area contributed by atoms with Crippen LogP contribution in [0.15, 0.2) is 0 Å². The molecule has 0 saturated carbocycles. The summed E-state index contributed by atoms with van der Waals surface area (Å²) in [6.07, 6.45) is 0. The van der Waals surface area contributed by atoms with E-state index in [-0.39, 0.29) is 6.54 Å². The summed E-state index contributed by atoms with van der Waals surface area (Å²) in [4.78, 5) is 20.9. The summed E-state index contributed by atoms with van der Waals surface area (Å²) in [5.74, 6) is -2.28. The van der Waals surface area contributed by atoms with Crippen LogP contribution in [0.3, 0.4) is 0 Å². The molecule has 0 rings (SSSR count). The van der Waals surface area contributed by atoms with E-state index in [4.69, 9.17) is 10.8 Å². The highest BCUT2D eigenvalue weighted by Gasteiger charge is 2.24. The van der Waals surface area contributed by atoms with Crippen LogP contribution in [0.1, 0.15) is 6.92 Å². The first kappa shape index (κ1) is 13.8. The molecule has 9 heteroatoms. The molecule has 0 aromatic carbocycles. The van der Waals surface area contributed by atoms with Crippen molar-refractivity contribution in [2.24, 2.45) is 5.73 Å². The van der Waals surface area contributed by atoms with Crippen LogP contribution in [0, 0.1) is 0 Å². The monoisotopic (exact) mass is 239 g/mol. The van der Waals surface area contributed by atoms with Gasteiger partial charge in [-0.05, 0) is 0 Å². The van der Waals surface area contributed by atoms with Crippen molar-refractivity contribution < 1.29 is 23.1 Å². The van der Waals surface area contributed by atoms with Crippen molar-refractivity contribution >= 4 is 22.1 Å². The molecule has 0 aromatic rings. The number of hydrogen-bond acceptors (Lipinski definition) is 4. The van der Waals surface area contributed by atoms with Crippen LogP contribution in [-0.2, 0) is 19.8 Å². The minimum atomic E-state index is -3.96. The van der Waals surface area contributed by atoms with Gasteiger partial charge in [0.25, 0.3) is 10.2 Å². The molecule has 88 valence electrons. The Morgan fingerprint density at radius 2 is 1.93 bits per heavy atom. The lowest BCUT2D eigenvalue weighted by Gasteiger charge is -2.18. The molecule has 0 spiro atoms. The Kier molecular flexibility index (Phi) is 5.19. The van der Waals surface area contributed by atoms with Crippen molar-refractivity contribution in [1.29, 1.82) is 0 Å². The van der Waals surface area contributed by atoms with Crippen LogP contribution in [-0.4, -0.2) is 49.3 Å². The SMILES string of the molecule is CCNS(=O)(=O)N(CC(N)=O)CC(=O)O. The molecule has 15 heavy (non-hydrogen) atoms. The lowest BCUT2D eigenvalue weighted by molar-refractivity contribution is -0.137. The fourth-order valence-electron chi connectivity index (χ4n) is 0.824. The molecule has 0 saturated heterocycles. The molecule has 0 unspecified atom stereocenters. The highest BCUT2D eigenvalue weighted by atomic mass is 32.2. The molecule has 0 atom stereocenters. The number of carbonyl (C=O) groups excluding carboxylic acids is 1. The predicted molar refractivity (Wildman–Crippen MR) is 51.0 cm³/mol. The molecule has 0 bridgehead atoms. The van der Waals surface area contributed by atoms with Gasteiger partial charge in [0, 0.05) is 6.54 Å². The average Bonchev–Trinajstić information content (AvgIpc) is 2.00. The Labute approximate surface area is 87.2 Å². The summed E-state index contributed by atoms with van der Waals surface area (Å²) in [6.45, 7) is 0.151. The van der Waals surface area contributed by atoms with Gasteiger partial charge in [0.15, 0.2) is 0 Å². The maximum atomic E-state index is 11.3. The second-order valence-corrected chi connectivity index (χ2v) is 4.39. The minimum Gasteiger partial charge on any atom is -0.480 e. The van der Waals surface area contributed by atoms with Crippen molar-refractivity contribution in [3.05, 3.63) is 0 Å². The van der Waals surface area contributed by atoms with E-state index in [1.165, 1.54) is 6.92 Å². The van der Waals surface area contributed by atoms with Gasteiger partial charge < -0.3 is 10.8 Å². The summed E-state index contributed by atoms with van der Waals surface area (Å²) in [5.41, 5.74) is 4.80. The maximum Gasteiger partial charge on any atom is 0.318 e. The lowest BCUT2D eigenvalue weighted by Crippen LogP contribution is -2.47. The largest absolute Gasteiger partial charge is 0.480 e. The zero-order chi connectivity index (χ0) is 12.1. The van der Waals surface area contributed by atoms with Gasteiger partial charge in [-0.2, -0.15) is 12.7 Å². The van der Waals surface area contributed by atoms with Crippen molar-refractivity contribution in [3.63, 3.8) is 0 Å². The van der Waals surface area contributed by atoms with Gasteiger partial charge in [-0.1, -0.05) is 6.92 Å². The summed E-state index contributed by atoms with van der Waals surface area (Å²) < 4.78 is 25.2. The van der Waals surface area contributed by atoms with Crippen molar-refractivity contribution in [1.82, 2.24) is 9.03 Å². The first-order valence-corrected chi connectivity index (χ1v) is 5.48. The molecule has 0 heterocycles. The van der Waals surface area contributed by atoms with Crippen LogP contribution < -0.4 is 10.5 Å². The smallest absolute Gasteiger partial charge is 0.318 e. The molecule has 0 fully saturated rings. The minimum absolute atomic E-state index is 0.0945. The van der Waals surface area contributed by atoms with E-state index in [1.807, 2.05) is 0 Å². The van der Waals surface area contributed by atoms with Crippen LogP contribution in [0.25, 0.3) is 0 Å². The number of nitrogens with zero attached hydrogens (tertiary/aromatic N) is 1. The average molecular weight is 239 g/mol. The van der Waals surface area contributed by atoms with Crippen LogP contribution in [0.2, 0.25) is 0 Å². The Morgan fingerprint density at radius 1 is 1.40 bits per heavy atom. The van der Waals surface area contributed by atoms with E-state index in [9.17, 15) is 18.0 Å². The fourth-order valence-corrected chi connectivity index (χ4v) is 1.95. The fraction of sp³-hybridized carbons (Fsp3) is 0.667. The Morgan fingerprint density at radius 3 is 2.27 bits per heavy atom. The number of primary amides is 1. The highest BCUT2D eigenvalue weighted by Crippen LogP contribution is 1.96. The van der Waals surface area contributed by atoms with Crippen molar-refractivity contribution in [2.75, 3.05) is 19.6 Å². The van der Waals surface area contributed by atoms with Crippen LogP contribution >= 0.6 is 0 Å². The topological polar surface area (TPSA) is 130 Å². The van der Waals surface area contributed by atoms with Crippen LogP contribution in [0.5, 0.6) is 0 Å². The summed E-state index contributed by atoms with van der Waals surface area (Å²) in [5, 5.41) is 8.44. The van der Waals surface area contributed by atoms with Gasteiger partial charge >= 0.3 is 5.97 Å². The van der Waals surface area contributed by atoms with E-state index in [0.717, 1.165) is 0 Å². The van der Waals surface area contributed by atoms with E-state index < -0.39 is 35.2 Å². The van der Waals surface area contributed by atoms with E-state index >= 15 is 0 Å². The molecule has 0 aromatic heterocycles. The maximum absolute atomic E-state index is 11.3. The van der Waals surface area contributed by atoms with E-state index in [1.54, 1.807) is 0 Å².